The highest BCUT2D eigenvalue weighted by Gasteiger charge is 2.28. The highest BCUT2D eigenvalue weighted by Crippen LogP contribution is 2.32. The maximum absolute atomic E-state index is 11.9. The van der Waals surface area contributed by atoms with Crippen LogP contribution in [0.15, 0.2) is 10.5 Å². The molecule has 7 heteroatoms. The minimum Gasteiger partial charge on any atom is -0.370 e. The van der Waals surface area contributed by atoms with Gasteiger partial charge >= 0.3 is 6.18 Å². The first-order chi connectivity index (χ1) is 7.83. The van der Waals surface area contributed by atoms with E-state index in [1.807, 2.05) is 13.0 Å². The SMILES string of the molecule is CNC(COCC(F)(F)F)c1sc(C)cc1Br. The summed E-state index contributed by atoms with van der Waals surface area (Å²) in [6.45, 7) is 0.726. The van der Waals surface area contributed by atoms with Crippen molar-refractivity contribution in [2.24, 2.45) is 0 Å². The predicted molar refractivity (Wildman–Crippen MR) is 65.4 cm³/mol. The molecule has 98 valence electrons. The summed E-state index contributed by atoms with van der Waals surface area (Å²) in [5.74, 6) is 0. The molecule has 1 heterocycles. The molecule has 1 aromatic heterocycles. The zero-order chi connectivity index (χ0) is 13.1. The Hall–Kier alpha value is -0.110. The fourth-order valence-corrected chi connectivity index (χ4v) is 3.34. The zero-order valence-electron chi connectivity index (χ0n) is 9.40. The van der Waals surface area contributed by atoms with E-state index in [4.69, 9.17) is 0 Å². The highest BCUT2D eigenvalue weighted by molar-refractivity contribution is 9.10. The molecule has 0 fully saturated rings. The van der Waals surface area contributed by atoms with E-state index in [1.54, 1.807) is 7.05 Å². The van der Waals surface area contributed by atoms with Gasteiger partial charge in [-0.1, -0.05) is 0 Å². The number of hydrogen-bond acceptors (Lipinski definition) is 3. The molecule has 0 spiro atoms. The highest BCUT2D eigenvalue weighted by atomic mass is 79.9. The first-order valence-electron chi connectivity index (χ1n) is 4.91. The van der Waals surface area contributed by atoms with Gasteiger partial charge in [0.15, 0.2) is 0 Å². The van der Waals surface area contributed by atoms with Gasteiger partial charge in [0.05, 0.1) is 12.6 Å². The van der Waals surface area contributed by atoms with Crippen molar-refractivity contribution in [3.05, 3.63) is 20.3 Å². The van der Waals surface area contributed by atoms with Crippen LogP contribution in [-0.4, -0.2) is 26.4 Å². The number of ether oxygens (including phenoxy) is 1. The number of hydrogen-bond donors (Lipinski definition) is 1. The number of rotatable bonds is 5. The number of likely N-dealkylation sites (N-methyl/N-ethyl adjacent to an activating group) is 1. The van der Waals surface area contributed by atoms with Gasteiger partial charge < -0.3 is 10.1 Å². The Labute approximate surface area is 110 Å². The summed E-state index contributed by atoms with van der Waals surface area (Å²) in [6.07, 6.45) is -4.28. The fourth-order valence-electron chi connectivity index (χ4n) is 1.32. The lowest BCUT2D eigenvalue weighted by molar-refractivity contribution is -0.175. The summed E-state index contributed by atoms with van der Waals surface area (Å²) in [5, 5.41) is 2.95. The number of nitrogens with one attached hydrogen (secondary N) is 1. The van der Waals surface area contributed by atoms with Crippen molar-refractivity contribution >= 4 is 27.3 Å². The van der Waals surface area contributed by atoms with Crippen molar-refractivity contribution in [2.75, 3.05) is 20.3 Å². The Morgan fingerprint density at radius 3 is 2.59 bits per heavy atom. The summed E-state index contributed by atoms with van der Waals surface area (Å²) >= 11 is 4.92. The number of halogens is 4. The van der Waals surface area contributed by atoms with Crippen molar-refractivity contribution in [2.45, 2.75) is 19.1 Å². The predicted octanol–water partition coefficient (Wildman–Crippen LogP) is 3.66. The van der Waals surface area contributed by atoms with Crippen LogP contribution in [-0.2, 0) is 4.74 Å². The van der Waals surface area contributed by atoms with Crippen LogP contribution in [0.1, 0.15) is 15.8 Å². The van der Waals surface area contributed by atoms with E-state index in [0.717, 1.165) is 14.2 Å². The molecule has 0 saturated heterocycles. The Morgan fingerprint density at radius 1 is 1.53 bits per heavy atom. The number of thiophene rings is 1. The smallest absolute Gasteiger partial charge is 0.370 e. The van der Waals surface area contributed by atoms with Crippen LogP contribution in [0.3, 0.4) is 0 Å². The molecule has 0 aliphatic heterocycles. The Morgan fingerprint density at radius 2 is 2.18 bits per heavy atom. The summed E-state index contributed by atoms with van der Waals surface area (Å²) < 4.78 is 41.4. The largest absolute Gasteiger partial charge is 0.411 e. The van der Waals surface area contributed by atoms with Gasteiger partial charge in [-0.15, -0.1) is 11.3 Å². The maximum Gasteiger partial charge on any atom is 0.411 e. The zero-order valence-corrected chi connectivity index (χ0v) is 11.8. The topological polar surface area (TPSA) is 21.3 Å². The lowest BCUT2D eigenvalue weighted by atomic mass is 10.2. The van der Waals surface area contributed by atoms with Gasteiger partial charge in [-0.25, -0.2) is 0 Å². The average molecular weight is 332 g/mol. The monoisotopic (exact) mass is 331 g/mol. The van der Waals surface area contributed by atoms with E-state index in [2.05, 4.69) is 26.0 Å². The third kappa shape index (κ3) is 4.95. The molecule has 2 nitrogen and oxygen atoms in total. The minimum absolute atomic E-state index is 0.00539. The lowest BCUT2D eigenvalue weighted by Crippen LogP contribution is -2.25. The van der Waals surface area contributed by atoms with Gasteiger partial charge in [-0.2, -0.15) is 13.2 Å². The van der Waals surface area contributed by atoms with E-state index >= 15 is 0 Å². The third-order valence-electron chi connectivity index (χ3n) is 2.05. The molecule has 1 atom stereocenters. The molecule has 1 rings (SSSR count). The molecule has 1 aromatic rings. The van der Waals surface area contributed by atoms with E-state index in [9.17, 15) is 13.2 Å². The summed E-state index contributed by atoms with van der Waals surface area (Å²) in [7, 11) is 1.70. The van der Waals surface area contributed by atoms with Gasteiger partial charge in [-0.05, 0) is 36.0 Å². The third-order valence-corrected chi connectivity index (χ3v) is 4.13. The molecule has 0 radical (unpaired) electrons. The molecule has 0 aliphatic rings. The molecule has 0 aromatic carbocycles. The number of aryl methyl sites for hydroxylation is 1. The van der Waals surface area contributed by atoms with Crippen LogP contribution >= 0.6 is 27.3 Å². The second-order valence-corrected chi connectivity index (χ2v) is 5.68. The molecular weight excluding hydrogens is 319 g/mol. The van der Waals surface area contributed by atoms with Gasteiger partial charge in [0.25, 0.3) is 0 Å². The van der Waals surface area contributed by atoms with Gasteiger partial charge in [0.2, 0.25) is 0 Å². The molecule has 17 heavy (non-hydrogen) atoms. The first-order valence-corrected chi connectivity index (χ1v) is 6.52. The average Bonchev–Trinajstić information content (AvgIpc) is 2.51. The molecular formula is C10H13BrF3NOS. The summed E-state index contributed by atoms with van der Waals surface area (Å²) in [6, 6.07) is 1.71. The summed E-state index contributed by atoms with van der Waals surface area (Å²) in [4.78, 5) is 2.05. The van der Waals surface area contributed by atoms with Gasteiger partial charge in [0, 0.05) is 14.2 Å². The fraction of sp³-hybridized carbons (Fsp3) is 0.600. The van der Waals surface area contributed by atoms with Crippen LogP contribution in [0.4, 0.5) is 13.2 Å². The van der Waals surface area contributed by atoms with Crippen molar-refractivity contribution in [3.8, 4) is 0 Å². The second-order valence-electron chi connectivity index (χ2n) is 3.54. The van der Waals surface area contributed by atoms with Crippen LogP contribution < -0.4 is 5.32 Å². The Kier molecular flexibility index (Phi) is 5.43. The van der Waals surface area contributed by atoms with Gasteiger partial charge in [-0.3, -0.25) is 0 Å². The maximum atomic E-state index is 11.9. The van der Waals surface area contributed by atoms with E-state index in [1.165, 1.54) is 11.3 Å². The molecule has 0 amide bonds. The Balaban J connectivity index is 2.57. The quantitative estimate of drug-likeness (QED) is 0.889. The lowest BCUT2D eigenvalue weighted by Gasteiger charge is -2.16. The summed E-state index contributed by atoms with van der Waals surface area (Å²) in [5.41, 5.74) is 0. The van der Waals surface area contributed by atoms with E-state index in [0.29, 0.717) is 0 Å². The second kappa shape index (κ2) is 6.17. The Bertz CT molecular complexity index is 367. The first kappa shape index (κ1) is 14.9. The van der Waals surface area contributed by atoms with Gasteiger partial charge in [0.1, 0.15) is 6.61 Å². The minimum atomic E-state index is -4.28. The molecule has 1 N–H and O–H groups in total. The molecule has 0 aliphatic carbocycles. The van der Waals surface area contributed by atoms with Crippen LogP contribution in [0.25, 0.3) is 0 Å². The van der Waals surface area contributed by atoms with Crippen LogP contribution in [0.2, 0.25) is 0 Å². The van der Waals surface area contributed by atoms with Crippen LogP contribution in [0, 0.1) is 6.92 Å². The molecule has 0 saturated carbocycles. The molecule has 1 unspecified atom stereocenters. The van der Waals surface area contributed by atoms with Crippen molar-refractivity contribution in [1.29, 1.82) is 0 Å². The number of alkyl halides is 3. The van der Waals surface area contributed by atoms with Crippen molar-refractivity contribution < 1.29 is 17.9 Å². The molecule has 0 bridgehead atoms. The van der Waals surface area contributed by atoms with Crippen LogP contribution in [0.5, 0.6) is 0 Å². The van der Waals surface area contributed by atoms with E-state index < -0.39 is 12.8 Å². The van der Waals surface area contributed by atoms with Crippen molar-refractivity contribution in [1.82, 2.24) is 5.32 Å². The normalized spacial score (nSPS) is 14.0. The van der Waals surface area contributed by atoms with E-state index in [-0.39, 0.29) is 12.6 Å². The van der Waals surface area contributed by atoms with Crippen molar-refractivity contribution in [3.63, 3.8) is 0 Å². The standard InChI is InChI=1S/C10H13BrF3NOS/c1-6-3-7(11)9(17-6)8(15-2)4-16-5-10(12,13)14/h3,8,15H,4-5H2,1-2H3.